The predicted molar refractivity (Wildman–Crippen MR) is 57.9 cm³/mol. The molecule has 0 aliphatic rings. The van der Waals surface area contributed by atoms with Crippen LogP contribution in [0.4, 0.5) is 0 Å². The first-order chi connectivity index (χ1) is 6.25. The topological polar surface area (TPSA) is 51.8 Å². The third-order valence-electron chi connectivity index (χ3n) is 1.35. The van der Waals surface area contributed by atoms with E-state index >= 15 is 0 Å². The highest BCUT2D eigenvalue weighted by atomic mass is 127. The molecule has 0 N–H and O–H groups in total. The SMILES string of the molecule is Brc1ccc(-c2nnc(I)o2)nc1. The van der Waals surface area contributed by atoms with E-state index in [4.69, 9.17) is 4.42 Å². The van der Waals surface area contributed by atoms with Gasteiger partial charge in [0.1, 0.15) is 5.69 Å². The van der Waals surface area contributed by atoms with Crippen molar-refractivity contribution < 1.29 is 4.42 Å². The number of pyridine rings is 1. The lowest BCUT2D eigenvalue weighted by Crippen LogP contribution is -1.82. The minimum Gasteiger partial charge on any atom is -0.410 e. The molecule has 2 rings (SSSR count). The molecule has 0 atom stereocenters. The van der Waals surface area contributed by atoms with Crippen LogP contribution in [-0.2, 0) is 0 Å². The normalized spacial score (nSPS) is 10.3. The fraction of sp³-hybridized carbons (Fsp3) is 0. The van der Waals surface area contributed by atoms with E-state index in [-0.39, 0.29) is 0 Å². The minimum atomic E-state index is 0.442. The Morgan fingerprint density at radius 3 is 2.69 bits per heavy atom. The van der Waals surface area contributed by atoms with Crippen LogP contribution in [0.3, 0.4) is 0 Å². The summed E-state index contributed by atoms with van der Waals surface area (Å²) in [5.74, 6) is 0.442. The maximum Gasteiger partial charge on any atom is 0.278 e. The molecule has 6 heteroatoms. The lowest BCUT2D eigenvalue weighted by Gasteiger charge is -1.92. The zero-order valence-electron chi connectivity index (χ0n) is 6.24. The van der Waals surface area contributed by atoms with Gasteiger partial charge in [0.15, 0.2) is 0 Å². The zero-order valence-corrected chi connectivity index (χ0v) is 9.98. The van der Waals surface area contributed by atoms with Gasteiger partial charge in [-0.2, -0.15) is 0 Å². The molecule has 4 nitrogen and oxygen atoms in total. The van der Waals surface area contributed by atoms with Crippen molar-refractivity contribution in [2.24, 2.45) is 0 Å². The molecule has 2 heterocycles. The van der Waals surface area contributed by atoms with Crippen LogP contribution in [0.15, 0.2) is 27.2 Å². The molecule has 0 unspecified atom stereocenters. The van der Waals surface area contributed by atoms with Crippen molar-refractivity contribution in [3.05, 3.63) is 26.7 Å². The summed E-state index contributed by atoms with van der Waals surface area (Å²) in [6, 6.07) is 3.69. The van der Waals surface area contributed by atoms with Gasteiger partial charge in [-0.25, -0.2) is 4.98 Å². The number of halogens is 2. The largest absolute Gasteiger partial charge is 0.410 e. The van der Waals surface area contributed by atoms with Crippen LogP contribution in [0.2, 0.25) is 0 Å². The van der Waals surface area contributed by atoms with Crippen LogP contribution in [-0.4, -0.2) is 15.2 Å². The Morgan fingerprint density at radius 2 is 2.15 bits per heavy atom. The first-order valence-corrected chi connectivity index (χ1v) is 5.24. The smallest absolute Gasteiger partial charge is 0.278 e. The summed E-state index contributed by atoms with van der Waals surface area (Å²) >= 11 is 5.25. The number of nitrogens with zero attached hydrogens (tertiary/aromatic N) is 3. The van der Waals surface area contributed by atoms with E-state index < -0.39 is 0 Å². The van der Waals surface area contributed by atoms with Gasteiger partial charge < -0.3 is 4.42 Å². The predicted octanol–water partition coefficient (Wildman–Crippen LogP) is 2.50. The second kappa shape index (κ2) is 3.70. The molecule has 0 spiro atoms. The third-order valence-corrected chi connectivity index (χ3v) is 2.25. The summed E-state index contributed by atoms with van der Waals surface area (Å²) < 4.78 is 6.63. The van der Waals surface area contributed by atoms with Gasteiger partial charge in [-0.05, 0) is 28.1 Å². The molecule has 0 saturated heterocycles. The summed E-state index contributed by atoms with van der Waals surface area (Å²) in [5, 5.41) is 7.55. The Kier molecular flexibility index (Phi) is 2.58. The highest BCUT2D eigenvalue weighted by molar-refractivity contribution is 14.1. The minimum absolute atomic E-state index is 0.442. The van der Waals surface area contributed by atoms with Crippen LogP contribution in [0.25, 0.3) is 11.6 Å². The average molecular weight is 352 g/mol. The molecule has 0 saturated carbocycles. The van der Waals surface area contributed by atoms with E-state index in [1.807, 2.05) is 34.7 Å². The summed E-state index contributed by atoms with van der Waals surface area (Å²) in [4.78, 5) is 4.12. The molecule has 13 heavy (non-hydrogen) atoms. The molecule has 0 amide bonds. The number of hydrogen-bond acceptors (Lipinski definition) is 4. The van der Waals surface area contributed by atoms with Gasteiger partial charge in [0.05, 0.1) is 0 Å². The summed E-state index contributed by atoms with van der Waals surface area (Å²) in [6.07, 6.45) is 1.69. The van der Waals surface area contributed by atoms with Gasteiger partial charge in [0, 0.05) is 33.3 Å². The molecule has 0 aliphatic heterocycles. The second-order valence-electron chi connectivity index (χ2n) is 2.22. The maximum atomic E-state index is 5.20. The molecule has 0 aliphatic carbocycles. The van der Waals surface area contributed by atoms with Gasteiger partial charge in [-0.1, -0.05) is 0 Å². The molecule has 66 valence electrons. The molecule has 0 radical (unpaired) electrons. The third kappa shape index (κ3) is 2.05. The molecule has 0 bridgehead atoms. The highest BCUT2D eigenvalue weighted by Gasteiger charge is 2.06. The number of hydrogen-bond donors (Lipinski definition) is 0. The van der Waals surface area contributed by atoms with Crippen molar-refractivity contribution in [1.82, 2.24) is 15.2 Å². The zero-order chi connectivity index (χ0) is 9.26. The van der Waals surface area contributed by atoms with Crippen molar-refractivity contribution in [3.8, 4) is 11.6 Å². The first-order valence-electron chi connectivity index (χ1n) is 3.36. The van der Waals surface area contributed by atoms with E-state index in [1.54, 1.807) is 6.20 Å². The van der Waals surface area contributed by atoms with Crippen LogP contribution in [0, 0.1) is 3.90 Å². The van der Waals surface area contributed by atoms with Crippen molar-refractivity contribution in [2.45, 2.75) is 0 Å². The monoisotopic (exact) mass is 351 g/mol. The highest BCUT2D eigenvalue weighted by Crippen LogP contribution is 2.17. The average Bonchev–Trinajstić information content (AvgIpc) is 2.53. The summed E-state index contributed by atoms with van der Waals surface area (Å²) in [7, 11) is 0. The first kappa shape index (κ1) is 9.07. The maximum absolute atomic E-state index is 5.20. The Labute approximate surface area is 96.0 Å². The van der Waals surface area contributed by atoms with E-state index in [1.165, 1.54) is 0 Å². The lowest BCUT2D eigenvalue weighted by atomic mass is 10.3. The summed E-state index contributed by atoms with van der Waals surface area (Å²) in [6.45, 7) is 0. The fourth-order valence-electron chi connectivity index (χ4n) is 0.811. The quantitative estimate of drug-likeness (QED) is 0.741. The standard InChI is InChI=1S/C7H3BrIN3O/c8-4-1-2-5(10-3-4)6-11-12-7(9)13-6/h1-3H. The molecule has 2 aromatic rings. The van der Waals surface area contributed by atoms with Gasteiger partial charge in [0.2, 0.25) is 0 Å². The van der Waals surface area contributed by atoms with E-state index in [2.05, 4.69) is 31.1 Å². The molecular weight excluding hydrogens is 349 g/mol. The van der Waals surface area contributed by atoms with E-state index in [0.717, 1.165) is 4.47 Å². The van der Waals surface area contributed by atoms with Gasteiger partial charge >= 0.3 is 0 Å². The van der Waals surface area contributed by atoms with Crippen LogP contribution in [0.1, 0.15) is 0 Å². The van der Waals surface area contributed by atoms with Crippen molar-refractivity contribution in [2.75, 3.05) is 0 Å². The van der Waals surface area contributed by atoms with Crippen LogP contribution in [0.5, 0.6) is 0 Å². The van der Waals surface area contributed by atoms with Crippen LogP contribution < -0.4 is 0 Å². The second-order valence-corrected chi connectivity index (χ2v) is 4.06. The van der Waals surface area contributed by atoms with E-state index in [0.29, 0.717) is 15.5 Å². The van der Waals surface area contributed by atoms with Gasteiger partial charge in [-0.15, -0.1) is 10.2 Å². The van der Waals surface area contributed by atoms with Gasteiger partial charge in [0.25, 0.3) is 9.79 Å². The number of aromatic nitrogens is 3. The van der Waals surface area contributed by atoms with E-state index in [9.17, 15) is 0 Å². The van der Waals surface area contributed by atoms with Crippen molar-refractivity contribution in [3.63, 3.8) is 0 Å². The Bertz CT molecular complexity index is 414. The van der Waals surface area contributed by atoms with Crippen molar-refractivity contribution >= 4 is 38.5 Å². The van der Waals surface area contributed by atoms with Gasteiger partial charge in [-0.3, -0.25) is 0 Å². The molecular formula is C7H3BrIN3O. The Morgan fingerprint density at radius 1 is 1.31 bits per heavy atom. The van der Waals surface area contributed by atoms with Crippen LogP contribution >= 0.6 is 38.5 Å². The lowest BCUT2D eigenvalue weighted by molar-refractivity contribution is 0.535. The summed E-state index contributed by atoms with van der Waals surface area (Å²) in [5.41, 5.74) is 0.679. The Hall–Kier alpha value is -0.500. The fourth-order valence-corrected chi connectivity index (χ4v) is 1.36. The molecule has 0 fully saturated rings. The number of rotatable bonds is 1. The molecule has 0 aromatic carbocycles. The van der Waals surface area contributed by atoms with Crippen molar-refractivity contribution in [1.29, 1.82) is 0 Å². The molecule has 2 aromatic heterocycles. The Balaban J connectivity index is 2.41.